The van der Waals surface area contributed by atoms with Crippen LogP contribution in [0.1, 0.15) is 11.1 Å². The van der Waals surface area contributed by atoms with Gasteiger partial charge in [-0.3, -0.25) is 0 Å². The first kappa shape index (κ1) is 6.90. The Morgan fingerprint density at radius 1 is 0.846 bits per heavy atom. The van der Waals surface area contributed by atoms with Crippen LogP contribution < -0.4 is 0 Å². The van der Waals surface area contributed by atoms with Gasteiger partial charge in [-0.1, -0.05) is 48.6 Å². The van der Waals surface area contributed by atoms with Crippen molar-refractivity contribution in [3.05, 3.63) is 60.0 Å². The fourth-order valence-corrected chi connectivity index (χ4v) is 1.89. The van der Waals surface area contributed by atoms with Gasteiger partial charge in [0.1, 0.15) is 0 Å². The van der Waals surface area contributed by atoms with E-state index in [1.54, 1.807) is 0 Å². The molecule has 1 radical (unpaired) electrons. The van der Waals surface area contributed by atoms with E-state index in [2.05, 4.69) is 55.0 Å². The summed E-state index contributed by atoms with van der Waals surface area (Å²) in [5.74, 6) is 0. The Kier molecular flexibility index (Phi) is 1.31. The molecule has 0 N–H and O–H groups in total. The molecule has 0 heterocycles. The average molecular weight is 165 g/mol. The highest BCUT2D eigenvalue weighted by atomic mass is 14.1. The number of hydrogen-bond acceptors (Lipinski definition) is 0. The molecule has 13 heavy (non-hydrogen) atoms. The Balaban J connectivity index is 2.46. The normalized spacial score (nSPS) is 13.5. The third-order valence-corrected chi connectivity index (χ3v) is 2.54. The molecule has 1 aliphatic rings. The molecule has 3 rings (SSSR count). The standard InChI is InChI=1S/C13H9/c1-2-6-12-10(4-1)8-9-11-5-3-7-13(11)12/h1-9H. The SMILES string of the molecule is [CH]1C=Cc2ccc3ccccc3c21. The predicted molar refractivity (Wildman–Crippen MR) is 56.4 cm³/mol. The van der Waals surface area contributed by atoms with Crippen molar-refractivity contribution in [3.8, 4) is 0 Å². The number of fused-ring (bicyclic) bond motifs is 3. The summed E-state index contributed by atoms with van der Waals surface area (Å²) in [5, 5.41) is 2.67. The largest absolute Gasteiger partial charge is 0.0754 e. The molecule has 0 fully saturated rings. The number of allylic oxidation sites excluding steroid dienone is 1. The summed E-state index contributed by atoms with van der Waals surface area (Å²) in [6.07, 6.45) is 6.44. The molecule has 0 saturated carbocycles. The van der Waals surface area contributed by atoms with Gasteiger partial charge in [-0.2, -0.15) is 0 Å². The fourth-order valence-electron chi connectivity index (χ4n) is 1.89. The summed E-state index contributed by atoms with van der Waals surface area (Å²) in [4.78, 5) is 0. The molecular weight excluding hydrogens is 156 g/mol. The van der Waals surface area contributed by atoms with E-state index in [0.717, 1.165) is 0 Å². The van der Waals surface area contributed by atoms with Crippen LogP contribution in [-0.2, 0) is 0 Å². The molecule has 0 aliphatic heterocycles. The van der Waals surface area contributed by atoms with Gasteiger partial charge in [0.15, 0.2) is 0 Å². The molecule has 0 atom stereocenters. The Labute approximate surface area is 77.5 Å². The maximum atomic E-state index is 2.18. The van der Waals surface area contributed by atoms with E-state index >= 15 is 0 Å². The lowest BCUT2D eigenvalue weighted by Gasteiger charge is -2.03. The van der Waals surface area contributed by atoms with Crippen LogP contribution in [-0.4, -0.2) is 0 Å². The highest BCUT2D eigenvalue weighted by Gasteiger charge is 2.07. The lowest BCUT2D eigenvalue weighted by molar-refractivity contribution is 1.61. The first-order valence-electron chi connectivity index (χ1n) is 4.48. The molecule has 0 unspecified atom stereocenters. The van der Waals surface area contributed by atoms with Gasteiger partial charge in [0, 0.05) is 6.42 Å². The monoisotopic (exact) mass is 165 g/mol. The molecule has 0 aromatic heterocycles. The van der Waals surface area contributed by atoms with Crippen LogP contribution in [0.3, 0.4) is 0 Å². The van der Waals surface area contributed by atoms with E-state index in [9.17, 15) is 0 Å². The minimum Gasteiger partial charge on any atom is -0.0754 e. The van der Waals surface area contributed by atoms with Crippen molar-refractivity contribution in [1.82, 2.24) is 0 Å². The van der Waals surface area contributed by atoms with Gasteiger partial charge in [0.25, 0.3) is 0 Å². The fraction of sp³-hybridized carbons (Fsp3) is 0. The van der Waals surface area contributed by atoms with Crippen molar-refractivity contribution in [2.24, 2.45) is 0 Å². The van der Waals surface area contributed by atoms with Gasteiger partial charge in [-0.05, 0) is 21.9 Å². The quantitative estimate of drug-likeness (QED) is 0.561. The summed E-state index contributed by atoms with van der Waals surface area (Å²) in [7, 11) is 0. The summed E-state index contributed by atoms with van der Waals surface area (Å²) in [6.45, 7) is 0. The second-order valence-corrected chi connectivity index (χ2v) is 3.32. The van der Waals surface area contributed by atoms with E-state index in [1.165, 1.54) is 21.9 Å². The zero-order valence-electron chi connectivity index (χ0n) is 7.20. The van der Waals surface area contributed by atoms with Crippen LogP contribution in [0, 0.1) is 6.42 Å². The maximum absolute atomic E-state index is 2.18. The van der Waals surface area contributed by atoms with Gasteiger partial charge in [0.2, 0.25) is 0 Å². The van der Waals surface area contributed by atoms with Crippen molar-refractivity contribution in [3.63, 3.8) is 0 Å². The summed E-state index contributed by atoms with van der Waals surface area (Å²) >= 11 is 0. The number of rotatable bonds is 0. The van der Waals surface area contributed by atoms with Gasteiger partial charge >= 0.3 is 0 Å². The Hall–Kier alpha value is -1.56. The highest BCUT2D eigenvalue weighted by molar-refractivity contribution is 5.92. The predicted octanol–water partition coefficient (Wildman–Crippen LogP) is 3.42. The van der Waals surface area contributed by atoms with Gasteiger partial charge < -0.3 is 0 Å². The molecule has 1 aliphatic carbocycles. The van der Waals surface area contributed by atoms with E-state index in [-0.39, 0.29) is 0 Å². The minimum absolute atomic E-state index is 1.32. The van der Waals surface area contributed by atoms with Crippen molar-refractivity contribution in [2.45, 2.75) is 0 Å². The molecule has 0 bridgehead atoms. The maximum Gasteiger partial charge on any atom is 0.0137 e. The van der Waals surface area contributed by atoms with Crippen molar-refractivity contribution < 1.29 is 0 Å². The third kappa shape index (κ3) is 0.919. The number of hydrogen-bond donors (Lipinski definition) is 0. The summed E-state index contributed by atoms with van der Waals surface area (Å²) < 4.78 is 0. The first-order valence-corrected chi connectivity index (χ1v) is 4.48. The van der Waals surface area contributed by atoms with E-state index in [1.807, 2.05) is 0 Å². The van der Waals surface area contributed by atoms with Crippen LogP contribution in [0.5, 0.6) is 0 Å². The average Bonchev–Trinajstić information content (AvgIpc) is 2.65. The van der Waals surface area contributed by atoms with Crippen LogP contribution in [0.4, 0.5) is 0 Å². The van der Waals surface area contributed by atoms with Crippen LogP contribution >= 0.6 is 0 Å². The third-order valence-electron chi connectivity index (χ3n) is 2.54. The lowest BCUT2D eigenvalue weighted by atomic mass is 10.0. The van der Waals surface area contributed by atoms with Crippen LogP contribution in [0.2, 0.25) is 0 Å². The molecule has 61 valence electrons. The highest BCUT2D eigenvalue weighted by Crippen LogP contribution is 2.28. The molecule has 0 heteroatoms. The second-order valence-electron chi connectivity index (χ2n) is 3.32. The second kappa shape index (κ2) is 2.46. The van der Waals surface area contributed by atoms with E-state index < -0.39 is 0 Å². The molecular formula is C13H9. The molecule has 0 spiro atoms. The molecule has 2 aromatic rings. The topological polar surface area (TPSA) is 0 Å². The molecule has 0 saturated heterocycles. The summed E-state index contributed by atoms with van der Waals surface area (Å²) in [5.41, 5.74) is 2.69. The molecule has 2 aromatic carbocycles. The van der Waals surface area contributed by atoms with Gasteiger partial charge in [0.05, 0.1) is 0 Å². The summed E-state index contributed by atoms with van der Waals surface area (Å²) in [6, 6.07) is 12.9. The Bertz CT molecular complexity index is 492. The molecule has 0 nitrogen and oxygen atoms in total. The van der Waals surface area contributed by atoms with Crippen molar-refractivity contribution in [1.29, 1.82) is 0 Å². The lowest BCUT2D eigenvalue weighted by Crippen LogP contribution is -1.82. The van der Waals surface area contributed by atoms with E-state index in [0.29, 0.717) is 0 Å². The van der Waals surface area contributed by atoms with Gasteiger partial charge in [-0.15, -0.1) is 0 Å². The van der Waals surface area contributed by atoms with Crippen molar-refractivity contribution in [2.75, 3.05) is 0 Å². The Morgan fingerprint density at radius 2 is 1.77 bits per heavy atom. The smallest absolute Gasteiger partial charge is 0.0137 e. The zero-order chi connectivity index (χ0) is 8.67. The number of benzene rings is 2. The van der Waals surface area contributed by atoms with Crippen LogP contribution in [0.25, 0.3) is 16.8 Å². The molecule has 0 amide bonds. The van der Waals surface area contributed by atoms with E-state index in [4.69, 9.17) is 0 Å². The first-order chi connectivity index (χ1) is 6.45. The van der Waals surface area contributed by atoms with Crippen LogP contribution in [0.15, 0.2) is 42.5 Å². The minimum atomic E-state index is 1.32. The van der Waals surface area contributed by atoms with Crippen molar-refractivity contribution >= 4 is 16.8 Å². The zero-order valence-corrected chi connectivity index (χ0v) is 7.20. The Morgan fingerprint density at radius 3 is 2.77 bits per heavy atom. The van der Waals surface area contributed by atoms with Gasteiger partial charge in [-0.25, -0.2) is 0 Å².